The van der Waals surface area contributed by atoms with E-state index in [-0.39, 0.29) is 11.7 Å². The molecule has 0 bridgehead atoms. The van der Waals surface area contributed by atoms with Crippen molar-refractivity contribution in [3.05, 3.63) is 58.3 Å². The fraction of sp³-hybridized carbons (Fsp3) is 0.0714. The van der Waals surface area contributed by atoms with Gasteiger partial charge in [-0.2, -0.15) is 0 Å². The van der Waals surface area contributed by atoms with Crippen LogP contribution in [0.2, 0.25) is 0 Å². The summed E-state index contributed by atoms with van der Waals surface area (Å²) in [5.74, 6) is -0.332. The molecule has 0 saturated heterocycles. The number of nitrogens with zero attached hydrogens (tertiary/aromatic N) is 2. The van der Waals surface area contributed by atoms with Gasteiger partial charge in [-0.05, 0) is 36.4 Å². The summed E-state index contributed by atoms with van der Waals surface area (Å²) in [7, 11) is 1.78. The van der Waals surface area contributed by atoms with Crippen LogP contribution >= 0.6 is 15.9 Å². The first-order valence-electron chi connectivity index (χ1n) is 5.79. The van der Waals surface area contributed by atoms with Crippen molar-refractivity contribution >= 4 is 33.1 Å². The van der Waals surface area contributed by atoms with Crippen LogP contribution in [0, 0.1) is 5.82 Å². The van der Waals surface area contributed by atoms with Crippen molar-refractivity contribution in [1.82, 2.24) is 0 Å². The zero-order valence-electron chi connectivity index (χ0n) is 10.7. The average molecular weight is 338 g/mol. The number of benzene rings is 2. The van der Waals surface area contributed by atoms with Crippen LogP contribution < -0.4 is 10.6 Å². The SMILES string of the molecule is CN(c1cccc(F)c1)c1ccc(Br)cc1/C(N)=N/O. The van der Waals surface area contributed by atoms with E-state index >= 15 is 0 Å². The maximum atomic E-state index is 13.3. The number of nitrogens with two attached hydrogens (primary N) is 1. The molecule has 6 heteroatoms. The van der Waals surface area contributed by atoms with E-state index in [0.717, 1.165) is 4.47 Å². The predicted molar refractivity (Wildman–Crippen MR) is 81.1 cm³/mol. The number of anilines is 2. The molecular formula is C14H13BrFN3O. The minimum atomic E-state index is -0.322. The Balaban J connectivity index is 2.52. The fourth-order valence-corrected chi connectivity index (χ4v) is 2.24. The van der Waals surface area contributed by atoms with E-state index in [9.17, 15) is 4.39 Å². The summed E-state index contributed by atoms with van der Waals surface area (Å²) in [5, 5.41) is 11.9. The first kappa shape index (κ1) is 14.3. The minimum absolute atomic E-state index is 0.00967. The Morgan fingerprint density at radius 2 is 2.05 bits per heavy atom. The largest absolute Gasteiger partial charge is 0.409 e. The summed E-state index contributed by atoms with van der Waals surface area (Å²) in [4.78, 5) is 1.77. The maximum Gasteiger partial charge on any atom is 0.172 e. The Hall–Kier alpha value is -2.08. The second kappa shape index (κ2) is 5.92. The van der Waals surface area contributed by atoms with Crippen LogP contribution in [-0.2, 0) is 0 Å². The molecule has 0 aliphatic carbocycles. The number of hydrogen-bond donors (Lipinski definition) is 2. The minimum Gasteiger partial charge on any atom is -0.409 e. The van der Waals surface area contributed by atoms with E-state index in [0.29, 0.717) is 16.9 Å². The molecule has 2 aromatic carbocycles. The summed E-state index contributed by atoms with van der Waals surface area (Å²) in [6.45, 7) is 0. The summed E-state index contributed by atoms with van der Waals surface area (Å²) in [5.41, 5.74) is 7.61. The third-order valence-corrected chi connectivity index (χ3v) is 3.39. The molecule has 0 unspecified atom stereocenters. The van der Waals surface area contributed by atoms with Gasteiger partial charge in [-0.25, -0.2) is 4.39 Å². The van der Waals surface area contributed by atoms with Gasteiger partial charge in [-0.1, -0.05) is 27.2 Å². The molecular weight excluding hydrogens is 325 g/mol. The molecule has 4 nitrogen and oxygen atoms in total. The first-order chi connectivity index (χ1) is 9.52. The lowest BCUT2D eigenvalue weighted by molar-refractivity contribution is 0.318. The zero-order chi connectivity index (χ0) is 14.7. The quantitative estimate of drug-likeness (QED) is 0.390. The van der Waals surface area contributed by atoms with Crippen molar-refractivity contribution in [3.63, 3.8) is 0 Å². The van der Waals surface area contributed by atoms with Crippen molar-refractivity contribution in [2.45, 2.75) is 0 Å². The summed E-state index contributed by atoms with van der Waals surface area (Å²) < 4.78 is 14.1. The van der Waals surface area contributed by atoms with Gasteiger partial charge in [0.2, 0.25) is 0 Å². The van der Waals surface area contributed by atoms with Crippen LogP contribution in [0.3, 0.4) is 0 Å². The number of halogens is 2. The molecule has 0 saturated carbocycles. The van der Waals surface area contributed by atoms with Crippen molar-refractivity contribution in [1.29, 1.82) is 0 Å². The molecule has 3 N–H and O–H groups in total. The highest BCUT2D eigenvalue weighted by Crippen LogP contribution is 2.29. The molecule has 104 valence electrons. The summed E-state index contributed by atoms with van der Waals surface area (Å²) >= 11 is 3.34. The van der Waals surface area contributed by atoms with Crippen molar-refractivity contribution in [2.75, 3.05) is 11.9 Å². The lowest BCUT2D eigenvalue weighted by Crippen LogP contribution is -2.19. The Bertz CT molecular complexity index is 661. The van der Waals surface area contributed by atoms with E-state index in [1.54, 1.807) is 30.1 Å². The van der Waals surface area contributed by atoms with Crippen LogP contribution in [0.4, 0.5) is 15.8 Å². The molecule has 0 atom stereocenters. The lowest BCUT2D eigenvalue weighted by atomic mass is 10.1. The van der Waals surface area contributed by atoms with Gasteiger partial charge in [0.15, 0.2) is 5.84 Å². The van der Waals surface area contributed by atoms with Crippen LogP contribution in [-0.4, -0.2) is 18.1 Å². The number of rotatable bonds is 3. The zero-order valence-corrected chi connectivity index (χ0v) is 12.3. The average Bonchev–Trinajstić information content (AvgIpc) is 2.45. The van der Waals surface area contributed by atoms with E-state index in [1.807, 2.05) is 12.1 Å². The number of oxime groups is 1. The summed E-state index contributed by atoms with van der Waals surface area (Å²) in [6, 6.07) is 11.6. The van der Waals surface area contributed by atoms with Crippen LogP contribution in [0.5, 0.6) is 0 Å². The molecule has 20 heavy (non-hydrogen) atoms. The van der Waals surface area contributed by atoms with Gasteiger partial charge < -0.3 is 15.8 Å². The lowest BCUT2D eigenvalue weighted by Gasteiger charge is -2.22. The summed E-state index contributed by atoms with van der Waals surface area (Å²) in [6.07, 6.45) is 0. The fourth-order valence-electron chi connectivity index (χ4n) is 1.88. The standard InChI is InChI=1S/C14H13BrFN3O/c1-19(11-4-2-3-10(16)8-11)13-6-5-9(15)7-12(13)14(17)18-20/h2-8,20H,1H3,(H2,17,18). The molecule has 0 spiro atoms. The van der Waals surface area contributed by atoms with Gasteiger partial charge in [0.05, 0.1) is 5.69 Å². The predicted octanol–water partition coefficient (Wildman–Crippen LogP) is 3.45. The Labute approximate surface area is 124 Å². The van der Waals surface area contributed by atoms with Crippen LogP contribution in [0.25, 0.3) is 0 Å². The second-order valence-electron chi connectivity index (χ2n) is 4.19. The molecule has 0 aromatic heterocycles. The Morgan fingerprint density at radius 3 is 2.70 bits per heavy atom. The van der Waals surface area contributed by atoms with Gasteiger partial charge >= 0.3 is 0 Å². The molecule has 0 radical (unpaired) electrons. The first-order valence-corrected chi connectivity index (χ1v) is 6.59. The topological polar surface area (TPSA) is 61.8 Å². The normalized spacial score (nSPS) is 11.4. The molecule has 0 heterocycles. The van der Waals surface area contributed by atoms with Gasteiger partial charge in [0.1, 0.15) is 5.82 Å². The van der Waals surface area contributed by atoms with Gasteiger partial charge in [0, 0.05) is 22.8 Å². The Morgan fingerprint density at radius 1 is 1.30 bits per heavy atom. The molecule has 2 rings (SSSR count). The smallest absolute Gasteiger partial charge is 0.172 e. The van der Waals surface area contributed by atoms with Crippen molar-refractivity contribution < 1.29 is 9.60 Å². The van der Waals surface area contributed by atoms with Crippen molar-refractivity contribution in [3.8, 4) is 0 Å². The van der Waals surface area contributed by atoms with E-state index in [1.165, 1.54) is 12.1 Å². The third-order valence-electron chi connectivity index (χ3n) is 2.90. The molecule has 0 amide bonds. The monoisotopic (exact) mass is 337 g/mol. The van der Waals surface area contributed by atoms with Crippen molar-refractivity contribution in [2.24, 2.45) is 10.9 Å². The van der Waals surface area contributed by atoms with Crippen LogP contribution in [0.15, 0.2) is 52.1 Å². The highest BCUT2D eigenvalue weighted by atomic mass is 79.9. The Kier molecular flexibility index (Phi) is 4.24. The van der Waals surface area contributed by atoms with Gasteiger partial charge in [-0.15, -0.1) is 0 Å². The molecule has 0 aliphatic rings. The molecule has 0 fully saturated rings. The van der Waals surface area contributed by atoms with E-state index in [4.69, 9.17) is 10.9 Å². The maximum absolute atomic E-state index is 13.3. The number of hydrogen-bond acceptors (Lipinski definition) is 3. The highest BCUT2D eigenvalue weighted by molar-refractivity contribution is 9.10. The number of amidine groups is 1. The van der Waals surface area contributed by atoms with Gasteiger partial charge in [0.25, 0.3) is 0 Å². The third kappa shape index (κ3) is 2.91. The second-order valence-corrected chi connectivity index (χ2v) is 5.10. The van der Waals surface area contributed by atoms with E-state index < -0.39 is 0 Å². The molecule has 0 aliphatic heterocycles. The van der Waals surface area contributed by atoms with Crippen LogP contribution in [0.1, 0.15) is 5.56 Å². The molecule has 2 aromatic rings. The van der Waals surface area contributed by atoms with E-state index in [2.05, 4.69) is 21.1 Å². The highest BCUT2D eigenvalue weighted by Gasteiger charge is 2.13. The van der Waals surface area contributed by atoms with Gasteiger partial charge in [-0.3, -0.25) is 0 Å².